The molecule has 3 nitrogen and oxygen atoms in total. The topological polar surface area (TPSA) is 32.3 Å². The van der Waals surface area contributed by atoms with E-state index in [2.05, 4.69) is 40.5 Å². The molecule has 1 aromatic carbocycles. The van der Waals surface area contributed by atoms with Gasteiger partial charge >= 0.3 is 0 Å². The first-order valence-corrected chi connectivity index (χ1v) is 11.7. The van der Waals surface area contributed by atoms with Gasteiger partial charge in [0.2, 0.25) is 5.91 Å². The molecule has 1 spiro atoms. The zero-order chi connectivity index (χ0) is 19.5. The first-order chi connectivity index (χ1) is 14.0. The molecule has 5 aliphatic carbocycles. The van der Waals surface area contributed by atoms with Crippen molar-refractivity contribution < 1.29 is 9.18 Å². The van der Waals surface area contributed by atoms with Crippen LogP contribution >= 0.6 is 0 Å². The lowest BCUT2D eigenvalue weighted by Crippen LogP contribution is -2.70. The lowest BCUT2D eigenvalue weighted by Gasteiger charge is -2.66. The van der Waals surface area contributed by atoms with Crippen molar-refractivity contribution in [3.05, 3.63) is 35.9 Å². The molecule has 154 valence electrons. The summed E-state index contributed by atoms with van der Waals surface area (Å²) in [4.78, 5) is 16.4. The number of hydrogen-bond acceptors (Lipinski definition) is 2. The van der Waals surface area contributed by atoms with E-state index >= 15 is 0 Å². The van der Waals surface area contributed by atoms with Gasteiger partial charge in [-0.05, 0) is 80.7 Å². The lowest BCUT2D eigenvalue weighted by atomic mass is 9.38. The largest absolute Gasteiger partial charge is 0.350 e. The van der Waals surface area contributed by atoms with Crippen LogP contribution in [0.2, 0.25) is 0 Å². The average Bonchev–Trinajstić information content (AvgIpc) is 3.41. The van der Waals surface area contributed by atoms with Crippen LogP contribution in [0.25, 0.3) is 0 Å². The number of nitrogens with one attached hydrogen (secondary N) is 1. The Balaban J connectivity index is 1.23. The number of nitrogens with zero attached hydrogens (tertiary/aromatic N) is 1. The third kappa shape index (κ3) is 2.05. The number of carbonyl (C=O) groups is 1. The minimum absolute atomic E-state index is 0.0104. The maximum Gasteiger partial charge on any atom is 0.226 e. The standard InChI is InChI=1S/C25H31FN2O/c26-16-22-8-17-9-23(13-22,18-4-2-1-3-5-18)15-24(10-17,14-22)21(29)27-20-12-28-7-6-19-11-25(19,20)28/h1-5,17,19-20H,6-16H2,(H,27,29)/t17?,19?,20-,22+,23-,24?,25?/m1/s1. The maximum atomic E-state index is 14.5. The van der Waals surface area contributed by atoms with Crippen LogP contribution in [-0.4, -0.2) is 42.2 Å². The van der Waals surface area contributed by atoms with Crippen LogP contribution in [0, 0.1) is 22.7 Å². The number of carbonyl (C=O) groups excluding carboxylic acids is 1. The third-order valence-corrected chi connectivity index (χ3v) is 10.1. The van der Waals surface area contributed by atoms with Gasteiger partial charge in [0.15, 0.2) is 0 Å². The Morgan fingerprint density at radius 1 is 1.10 bits per heavy atom. The summed E-state index contributed by atoms with van der Waals surface area (Å²) in [6.45, 7) is 1.97. The van der Waals surface area contributed by atoms with Crippen molar-refractivity contribution in [1.82, 2.24) is 10.2 Å². The van der Waals surface area contributed by atoms with Crippen LogP contribution in [0.5, 0.6) is 0 Å². The van der Waals surface area contributed by atoms with E-state index in [0.29, 0.717) is 17.5 Å². The zero-order valence-corrected chi connectivity index (χ0v) is 17.1. The second kappa shape index (κ2) is 5.25. The minimum atomic E-state index is -0.360. The van der Waals surface area contributed by atoms with Crippen LogP contribution < -0.4 is 5.32 Å². The monoisotopic (exact) mass is 394 g/mol. The van der Waals surface area contributed by atoms with Crippen molar-refractivity contribution in [1.29, 1.82) is 0 Å². The molecule has 2 saturated heterocycles. The molecule has 29 heavy (non-hydrogen) atoms. The predicted octanol–water partition coefficient (Wildman–Crippen LogP) is 3.83. The molecule has 1 N–H and O–H groups in total. The van der Waals surface area contributed by atoms with Crippen LogP contribution in [0.1, 0.15) is 56.9 Å². The van der Waals surface area contributed by atoms with Gasteiger partial charge in [-0.15, -0.1) is 0 Å². The second-order valence-corrected chi connectivity index (χ2v) is 11.7. The van der Waals surface area contributed by atoms with Gasteiger partial charge in [-0.2, -0.15) is 0 Å². The van der Waals surface area contributed by atoms with Crippen molar-refractivity contribution in [3.8, 4) is 0 Å². The second-order valence-electron chi connectivity index (χ2n) is 11.7. The highest BCUT2D eigenvalue weighted by Gasteiger charge is 2.73. The quantitative estimate of drug-likeness (QED) is 0.842. The fourth-order valence-electron chi connectivity index (χ4n) is 9.41. The van der Waals surface area contributed by atoms with Gasteiger partial charge in [-0.25, -0.2) is 0 Å². The number of halogens is 1. The van der Waals surface area contributed by atoms with Crippen LogP contribution in [0.15, 0.2) is 30.3 Å². The van der Waals surface area contributed by atoms with Gasteiger partial charge in [0.25, 0.3) is 0 Å². The van der Waals surface area contributed by atoms with Crippen molar-refractivity contribution in [2.45, 2.75) is 68.4 Å². The predicted molar refractivity (Wildman–Crippen MR) is 109 cm³/mol. The van der Waals surface area contributed by atoms with Gasteiger partial charge in [-0.1, -0.05) is 30.3 Å². The highest BCUT2D eigenvalue weighted by Crippen LogP contribution is 2.70. The van der Waals surface area contributed by atoms with Gasteiger partial charge in [0.05, 0.1) is 18.1 Å². The van der Waals surface area contributed by atoms with Gasteiger partial charge in [0.1, 0.15) is 0 Å². The summed E-state index contributed by atoms with van der Waals surface area (Å²) in [5, 5.41) is 3.53. The molecule has 7 fully saturated rings. The van der Waals surface area contributed by atoms with Crippen molar-refractivity contribution in [3.63, 3.8) is 0 Å². The molecule has 2 heterocycles. The Morgan fingerprint density at radius 2 is 1.97 bits per heavy atom. The minimum Gasteiger partial charge on any atom is -0.350 e. The summed E-state index contributed by atoms with van der Waals surface area (Å²) in [6.07, 6.45) is 8.28. The molecular weight excluding hydrogens is 363 g/mol. The molecule has 1 aromatic rings. The molecule has 0 radical (unpaired) electrons. The summed E-state index contributed by atoms with van der Waals surface area (Å²) in [5.41, 5.74) is 0.995. The molecule has 8 rings (SSSR count). The Morgan fingerprint density at radius 3 is 2.72 bits per heavy atom. The molecule has 7 atom stereocenters. The molecule has 4 unspecified atom stereocenters. The van der Waals surface area contributed by atoms with Crippen LogP contribution in [0.4, 0.5) is 4.39 Å². The van der Waals surface area contributed by atoms with Crippen molar-refractivity contribution >= 4 is 5.91 Å². The molecule has 1 amide bonds. The number of amides is 1. The van der Waals surface area contributed by atoms with E-state index < -0.39 is 0 Å². The Bertz CT molecular complexity index is 890. The summed E-state index contributed by atoms with van der Waals surface area (Å²) in [6, 6.07) is 11.1. The lowest BCUT2D eigenvalue weighted by molar-refractivity contribution is -0.167. The van der Waals surface area contributed by atoms with E-state index in [4.69, 9.17) is 0 Å². The van der Waals surface area contributed by atoms with E-state index in [1.165, 1.54) is 24.9 Å². The van der Waals surface area contributed by atoms with Crippen molar-refractivity contribution in [2.24, 2.45) is 22.7 Å². The first-order valence-electron chi connectivity index (χ1n) is 11.7. The molecule has 5 saturated carbocycles. The highest BCUT2D eigenvalue weighted by atomic mass is 19.1. The third-order valence-electron chi connectivity index (χ3n) is 10.1. The van der Waals surface area contributed by atoms with Gasteiger partial charge < -0.3 is 5.32 Å². The number of benzene rings is 1. The summed E-state index contributed by atoms with van der Waals surface area (Å²) < 4.78 is 14.5. The number of alkyl halides is 1. The number of rotatable bonds is 4. The molecule has 4 heteroatoms. The first kappa shape index (κ1) is 17.3. The van der Waals surface area contributed by atoms with Gasteiger partial charge in [0, 0.05) is 17.5 Å². The Hall–Kier alpha value is -1.42. The van der Waals surface area contributed by atoms with E-state index in [1.54, 1.807) is 0 Å². The van der Waals surface area contributed by atoms with E-state index in [9.17, 15) is 9.18 Å². The highest BCUT2D eigenvalue weighted by molar-refractivity contribution is 5.84. The number of hydrogen-bond donors (Lipinski definition) is 1. The Labute approximate surface area is 172 Å². The average molecular weight is 395 g/mol. The SMILES string of the molecule is O=C(N[C@@H]1CN2CCC3CC312)C12CC3C[C@@](CF)(C1)C[C@](c1ccccc1)(C3)C2. The maximum absolute atomic E-state index is 14.5. The van der Waals surface area contributed by atoms with E-state index in [1.807, 2.05) is 0 Å². The van der Waals surface area contributed by atoms with Crippen molar-refractivity contribution in [2.75, 3.05) is 19.8 Å². The summed E-state index contributed by atoms with van der Waals surface area (Å²) >= 11 is 0. The Kier molecular flexibility index (Phi) is 3.13. The van der Waals surface area contributed by atoms with Crippen LogP contribution in [-0.2, 0) is 10.2 Å². The molecule has 2 aliphatic heterocycles. The van der Waals surface area contributed by atoms with Crippen LogP contribution in [0.3, 0.4) is 0 Å². The van der Waals surface area contributed by atoms with Gasteiger partial charge in [-0.3, -0.25) is 14.1 Å². The smallest absolute Gasteiger partial charge is 0.226 e. The molecule has 4 bridgehead atoms. The summed E-state index contributed by atoms with van der Waals surface area (Å²) in [7, 11) is 0. The fraction of sp³-hybridized carbons (Fsp3) is 0.720. The summed E-state index contributed by atoms with van der Waals surface area (Å²) in [5.74, 6) is 1.56. The van der Waals surface area contributed by atoms with E-state index in [-0.39, 0.29) is 28.8 Å². The molecule has 0 aromatic heterocycles. The molecule has 7 aliphatic rings. The molecular formula is C25H31FN2O. The zero-order valence-electron chi connectivity index (χ0n) is 17.1. The normalized spacial score (nSPS) is 51.3. The fourth-order valence-corrected chi connectivity index (χ4v) is 9.41. The van der Waals surface area contributed by atoms with E-state index in [0.717, 1.165) is 51.0 Å². The number of piperidine rings is 1.